The molecule has 0 saturated carbocycles. The molecule has 0 radical (unpaired) electrons. The zero-order valence-electron chi connectivity index (χ0n) is 15.7. The number of amides is 1. The van der Waals surface area contributed by atoms with Gasteiger partial charge in [-0.1, -0.05) is 6.07 Å². The molecule has 0 aliphatic heterocycles. The number of aromatic nitrogens is 3. The first-order chi connectivity index (χ1) is 13.1. The van der Waals surface area contributed by atoms with Crippen LogP contribution >= 0.6 is 11.3 Å². The van der Waals surface area contributed by atoms with Crippen LogP contribution in [0.1, 0.15) is 34.8 Å². The lowest BCUT2D eigenvalue weighted by Crippen LogP contribution is -2.27. The van der Waals surface area contributed by atoms with Gasteiger partial charge in [0.05, 0.1) is 35.2 Å². The number of nitrogens with zero attached hydrogens (tertiary/aromatic N) is 3. The predicted molar refractivity (Wildman–Crippen MR) is 107 cm³/mol. The van der Waals surface area contributed by atoms with E-state index in [2.05, 4.69) is 25.6 Å². The summed E-state index contributed by atoms with van der Waals surface area (Å²) < 4.78 is 5.46. The van der Waals surface area contributed by atoms with Gasteiger partial charge in [-0.3, -0.25) is 9.78 Å². The number of carbonyl (C=O) groups excluding carboxylic acids is 1. The Morgan fingerprint density at radius 3 is 2.85 bits per heavy atom. The summed E-state index contributed by atoms with van der Waals surface area (Å²) in [6.07, 6.45) is 3.42. The molecule has 7 nitrogen and oxygen atoms in total. The second-order valence-corrected chi connectivity index (χ2v) is 7.31. The first-order valence-corrected chi connectivity index (χ1v) is 9.65. The Labute approximate surface area is 162 Å². The number of rotatable bonds is 8. The Hall–Kier alpha value is -2.58. The quantitative estimate of drug-likeness (QED) is 0.579. The van der Waals surface area contributed by atoms with Crippen molar-refractivity contribution in [3.05, 3.63) is 46.9 Å². The van der Waals surface area contributed by atoms with Crippen molar-refractivity contribution in [2.75, 3.05) is 18.5 Å². The molecule has 0 spiro atoms. The summed E-state index contributed by atoms with van der Waals surface area (Å²) in [4.78, 5) is 27.0. The number of nitrogens with one attached hydrogen (secondary N) is 2. The Bertz CT molecular complexity index is 911. The summed E-state index contributed by atoms with van der Waals surface area (Å²) in [5.74, 6) is 0.597. The molecule has 0 atom stereocenters. The number of pyridine rings is 1. The van der Waals surface area contributed by atoms with Crippen LogP contribution in [0.25, 0.3) is 10.2 Å². The molecule has 3 heterocycles. The van der Waals surface area contributed by atoms with E-state index >= 15 is 0 Å². The summed E-state index contributed by atoms with van der Waals surface area (Å²) in [5, 5.41) is 7.08. The smallest absolute Gasteiger partial charge is 0.261 e. The zero-order chi connectivity index (χ0) is 19.2. The normalized spacial score (nSPS) is 11.1. The van der Waals surface area contributed by atoms with E-state index in [1.165, 1.54) is 17.7 Å². The van der Waals surface area contributed by atoms with Crippen molar-refractivity contribution in [2.24, 2.45) is 0 Å². The van der Waals surface area contributed by atoms with Gasteiger partial charge in [-0.05, 0) is 38.5 Å². The summed E-state index contributed by atoms with van der Waals surface area (Å²) in [6, 6.07) is 5.78. The zero-order valence-corrected chi connectivity index (χ0v) is 16.5. The SMILES string of the molecule is Cc1c(C(=O)NCCOC(C)C)sc2ncnc(NCc3ccccn3)c12. The summed E-state index contributed by atoms with van der Waals surface area (Å²) in [6.45, 7) is 7.38. The molecule has 0 saturated heterocycles. The molecule has 2 N–H and O–H groups in total. The fourth-order valence-corrected chi connectivity index (χ4v) is 3.70. The number of hydrogen-bond donors (Lipinski definition) is 2. The summed E-state index contributed by atoms with van der Waals surface area (Å²) in [7, 11) is 0. The van der Waals surface area contributed by atoms with Crippen molar-refractivity contribution in [1.82, 2.24) is 20.3 Å². The lowest BCUT2D eigenvalue weighted by Gasteiger charge is -2.08. The standard InChI is InChI=1S/C19H23N5O2S/c1-12(2)26-9-8-21-18(25)16-13(3)15-17(23-11-24-19(15)27-16)22-10-14-6-4-5-7-20-14/h4-7,11-12H,8-10H2,1-3H3,(H,21,25)(H,22,23,24). The highest BCUT2D eigenvalue weighted by Gasteiger charge is 2.19. The monoisotopic (exact) mass is 385 g/mol. The van der Waals surface area contributed by atoms with Crippen molar-refractivity contribution < 1.29 is 9.53 Å². The fraction of sp³-hybridized carbons (Fsp3) is 0.368. The minimum absolute atomic E-state index is 0.112. The molecular weight excluding hydrogens is 362 g/mol. The Morgan fingerprint density at radius 1 is 1.26 bits per heavy atom. The van der Waals surface area contributed by atoms with Gasteiger partial charge in [0.2, 0.25) is 0 Å². The highest BCUT2D eigenvalue weighted by atomic mass is 32.1. The highest BCUT2D eigenvalue weighted by molar-refractivity contribution is 7.20. The van der Waals surface area contributed by atoms with E-state index in [0.717, 1.165) is 21.5 Å². The number of fused-ring (bicyclic) bond motifs is 1. The third kappa shape index (κ3) is 4.78. The molecule has 3 aromatic rings. The number of hydrogen-bond acceptors (Lipinski definition) is 7. The predicted octanol–water partition coefficient (Wildman–Crippen LogP) is 3.16. The Morgan fingerprint density at radius 2 is 2.11 bits per heavy atom. The van der Waals surface area contributed by atoms with E-state index < -0.39 is 0 Å². The van der Waals surface area contributed by atoms with Crippen LogP contribution in [0.5, 0.6) is 0 Å². The molecule has 27 heavy (non-hydrogen) atoms. The van der Waals surface area contributed by atoms with Crippen LogP contribution in [0.3, 0.4) is 0 Å². The third-order valence-electron chi connectivity index (χ3n) is 3.93. The molecule has 142 valence electrons. The largest absolute Gasteiger partial charge is 0.377 e. The minimum Gasteiger partial charge on any atom is -0.377 e. The number of carbonyl (C=O) groups is 1. The second-order valence-electron chi connectivity index (χ2n) is 6.31. The molecule has 3 rings (SSSR count). The van der Waals surface area contributed by atoms with E-state index in [1.54, 1.807) is 6.20 Å². The number of thiophene rings is 1. The van der Waals surface area contributed by atoms with Crippen LogP contribution in [0.15, 0.2) is 30.7 Å². The second kappa shape index (κ2) is 8.88. The van der Waals surface area contributed by atoms with E-state index in [4.69, 9.17) is 4.74 Å². The first kappa shape index (κ1) is 19.2. The fourth-order valence-electron chi connectivity index (χ4n) is 2.64. The van der Waals surface area contributed by atoms with Gasteiger partial charge in [0, 0.05) is 12.7 Å². The van der Waals surface area contributed by atoms with Gasteiger partial charge in [0.15, 0.2) is 0 Å². The molecule has 0 unspecified atom stereocenters. The average molecular weight is 385 g/mol. The number of ether oxygens (including phenoxy) is 1. The maximum absolute atomic E-state index is 12.5. The van der Waals surface area contributed by atoms with Crippen molar-refractivity contribution in [3.8, 4) is 0 Å². The van der Waals surface area contributed by atoms with Crippen molar-refractivity contribution >= 4 is 33.3 Å². The molecule has 3 aromatic heterocycles. The van der Waals surface area contributed by atoms with E-state index in [9.17, 15) is 4.79 Å². The van der Waals surface area contributed by atoms with Gasteiger partial charge in [0.25, 0.3) is 5.91 Å². The lowest BCUT2D eigenvalue weighted by atomic mass is 10.2. The summed E-state index contributed by atoms with van der Waals surface area (Å²) in [5.41, 5.74) is 1.79. The third-order valence-corrected chi connectivity index (χ3v) is 5.13. The Balaban J connectivity index is 1.75. The maximum atomic E-state index is 12.5. The van der Waals surface area contributed by atoms with Gasteiger partial charge in [-0.2, -0.15) is 0 Å². The van der Waals surface area contributed by atoms with E-state index in [0.29, 0.717) is 30.4 Å². The van der Waals surface area contributed by atoms with Crippen LogP contribution in [0, 0.1) is 6.92 Å². The molecule has 0 bridgehead atoms. The van der Waals surface area contributed by atoms with Crippen LogP contribution in [-0.2, 0) is 11.3 Å². The molecule has 1 amide bonds. The molecule has 8 heteroatoms. The van der Waals surface area contributed by atoms with Crippen molar-refractivity contribution in [2.45, 2.75) is 33.4 Å². The topological polar surface area (TPSA) is 89.0 Å². The van der Waals surface area contributed by atoms with Crippen LogP contribution in [0.4, 0.5) is 5.82 Å². The van der Waals surface area contributed by atoms with Crippen molar-refractivity contribution in [1.29, 1.82) is 0 Å². The molecule has 0 aliphatic rings. The Kier molecular flexibility index (Phi) is 6.31. The number of anilines is 1. The van der Waals surface area contributed by atoms with Gasteiger partial charge in [0.1, 0.15) is 17.0 Å². The lowest BCUT2D eigenvalue weighted by molar-refractivity contribution is 0.0748. The van der Waals surface area contributed by atoms with Crippen LogP contribution < -0.4 is 10.6 Å². The number of aryl methyl sites for hydroxylation is 1. The van der Waals surface area contributed by atoms with Gasteiger partial charge >= 0.3 is 0 Å². The van der Waals surface area contributed by atoms with Crippen LogP contribution in [0.2, 0.25) is 0 Å². The molecular formula is C19H23N5O2S. The van der Waals surface area contributed by atoms with Crippen molar-refractivity contribution in [3.63, 3.8) is 0 Å². The maximum Gasteiger partial charge on any atom is 0.261 e. The van der Waals surface area contributed by atoms with E-state index in [1.807, 2.05) is 39.0 Å². The van der Waals surface area contributed by atoms with E-state index in [-0.39, 0.29) is 12.0 Å². The highest BCUT2D eigenvalue weighted by Crippen LogP contribution is 2.33. The van der Waals surface area contributed by atoms with Gasteiger partial charge < -0.3 is 15.4 Å². The summed E-state index contributed by atoms with van der Waals surface area (Å²) >= 11 is 1.37. The molecule has 0 fully saturated rings. The van der Waals surface area contributed by atoms with Gasteiger partial charge in [-0.25, -0.2) is 9.97 Å². The average Bonchev–Trinajstić information content (AvgIpc) is 3.01. The first-order valence-electron chi connectivity index (χ1n) is 8.84. The molecule has 0 aliphatic carbocycles. The minimum atomic E-state index is -0.112. The van der Waals surface area contributed by atoms with Gasteiger partial charge in [-0.15, -0.1) is 11.3 Å². The molecule has 0 aromatic carbocycles. The van der Waals surface area contributed by atoms with Crippen LogP contribution in [-0.4, -0.2) is 40.1 Å².